The number of likely N-dealkylation sites (tertiary alicyclic amines) is 1. The molecule has 0 unspecified atom stereocenters. The van der Waals surface area contributed by atoms with Crippen LogP contribution < -0.4 is 0 Å². The Morgan fingerprint density at radius 1 is 1.80 bits per heavy atom. The summed E-state index contributed by atoms with van der Waals surface area (Å²) < 4.78 is 12.0. The third-order valence-corrected chi connectivity index (χ3v) is 1.46. The largest absolute Gasteiger partial charge is 0.315 e. The van der Waals surface area contributed by atoms with E-state index in [1.165, 1.54) is 4.90 Å². The minimum Gasteiger partial charge on any atom is -0.315 e. The predicted molar refractivity (Wildman–Crippen MR) is 36.0 cm³/mol. The van der Waals surface area contributed by atoms with Gasteiger partial charge in [0.25, 0.3) is 0 Å². The summed E-state index contributed by atoms with van der Waals surface area (Å²) in [6.45, 7) is 0.582. The predicted octanol–water partition coefficient (Wildman–Crippen LogP) is 1.62. The van der Waals surface area contributed by atoms with E-state index in [0.29, 0.717) is 13.0 Å². The third kappa shape index (κ3) is 1.70. The first-order valence-electron chi connectivity index (χ1n) is 3.02. The van der Waals surface area contributed by atoms with Crippen molar-refractivity contribution in [1.29, 1.82) is 0 Å². The zero-order valence-electron chi connectivity index (χ0n) is 5.31. The van der Waals surface area contributed by atoms with Gasteiger partial charge in [-0.25, -0.2) is 0 Å². The van der Waals surface area contributed by atoms with Crippen molar-refractivity contribution < 1.29 is 9.18 Å². The van der Waals surface area contributed by atoms with Crippen LogP contribution in [-0.4, -0.2) is 17.4 Å². The summed E-state index contributed by atoms with van der Waals surface area (Å²) in [5, 5.41) is -0.838. The smallest absolute Gasteiger partial charge is 0.226 e. The summed E-state index contributed by atoms with van der Waals surface area (Å²) in [5.74, 6) is -0.0594. The molecule has 2 nitrogen and oxygen atoms in total. The molecule has 0 spiro atoms. The van der Waals surface area contributed by atoms with Crippen molar-refractivity contribution in [2.45, 2.75) is 12.8 Å². The average molecular weight is 164 g/mol. The number of carbonyl (C=O) groups excluding carboxylic acids is 1. The van der Waals surface area contributed by atoms with Gasteiger partial charge in [0.2, 0.25) is 11.2 Å². The number of rotatable bonds is 1. The van der Waals surface area contributed by atoms with Gasteiger partial charge in [-0.3, -0.25) is 4.79 Å². The van der Waals surface area contributed by atoms with E-state index < -0.39 is 5.29 Å². The number of hydrogen-bond acceptors (Lipinski definition) is 1. The highest BCUT2D eigenvalue weighted by Gasteiger charge is 2.18. The van der Waals surface area contributed by atoms with Gasteiger partial charge in [0, 0.05) is 13.0 Å². The molecule has 0 aromatic carbocycles. The van der Waals surface area contributed by atoms with Crippen LogP contribution in [0.2, 0.25) is 0 Å². The Balaban J connectivity index is 2.56. The normalized spacial score (nSPS) is 20.4. The molecule has 0 aromatic rings. The Bertz CT molecular complexity index is 177. The van der Waals surface area contributed by atoms with Crippen molar-refractivity contribution in [3.8, 4) is 0 Å². The first-order valence-corrected chi connectivity index (χ1v) is 3.40. The number of amides is 1. The molecule has 1 saturated heterocycles. The van der Waals surface area contributed by atoms with Crippen LogP contribution in [0.15, 0.2) is 11.5 Å². The van der Waals surface area contributed by atoms with E-state index in [4.69, 9.17) is 11.6 Å². The summed E-state index contributed by atoms with van der Waals surface area (Å²) in [4.78, 5) is 12.1. The van der Waals surface area contributed by atoms with E-state index in [9.17, 15) is 9.18 Å². The van der Waals surface area contributed by atoms with Crippen molar-refractivity contribution in [1.82, 2.24) is 4.90 Å². The lowest BCUT2D eigenvalue weighted by atomic mass is 10.4. The number of halogens is 2. The van der Waals surface area contributed by atoms with Crippen LogP contribution in [-0.2, 0) is 4.79 Å². The fourth-order valence-electron chi connectivity index (χ4n) is 0.923. The Morgan fingerprint density at radius 2 is 2.50 bits per heavy atom. The summed E-state index contributed by atoms with van der Waals surface area (Å²) in [6, 6.07) is 0. The third-order valence-electron chi connectivity index (χ3n) is 1.36. The first kappa shape index (κ1) is 7.54. The maximum Gasteiger partial charge on any atom is 0.226 e. The molecule has 1 aliphatic heterocycles. The van der Waals surface area contributed by atoms with Gasteiger partial charge in [0.15, 0.2) is 0 Å². The summed E-state index contributed by atoms with van der Waals surface area (Å²) in [5.41, 5.74) is 0. The molecule has 4 heteroatoms. The average Bonchev–Trinajstić information content (AvgIpc) is 2.15. The SMILES string of the molecule is O=C1CCCN1/C=C(/F)Cl. The van der Waals surface area contributed by atoms with E-state index in [1.54, 1.807) is 0 Å². The van der Waals surface area contributed by atoms with Crippen LogP contribution in [0, 0.1) is 0 Å². The lowest BCUT2D eigenvalue weighted by Crippen LogP contribution is -2.17. The van der Waals surface area contributed by atoms with Gasteiger partial charge in [-0.05, 0) is 18.0 Å². The molecular weight excluding hydrogens is 157 g/mol. The second-order valence-corrected chi connectivity index (χ2v) is 2.47. The number of hydrogen-bond donors (Lipinski definition) is 0. The van der Waals surface area contributed by atoms with Gasteiger partial charge in [-0.2, -0.15) is 4.39 Å². The second kappa shape index (κ2) is 3.01. The molecule has 1 aliphatic rings. The monoisotopic (exact) mass is 163 g/mol. The van der Waals surface area contributed by atoms with Crippen LogP contribution in [0.4, 0.5) is 4.39 Å². The van der Waals surface area contributed by atoms with Crippen molar-refractivity contribution in [3.05, 3.63) is 11.5 Å². The van der Waals surface area contributed by atoms with Crippen molar-refractivity contribution in [3.63, 3.8) is 0 Å². The van der Waals surface area contributed by atoms with Crippen LogP contribution in [0.25, 0.3) is 0 Å². The molecule has 0 N–H and O–H groups in total. The highest BCUT2D eigenvalue weighted by molar-refractivity contribution is 6.28. The van der Waals surface area contributed by atoms with Crippen molar-refractivity contribution in [2.75, 3.05) is 6.54 Å². The Morgan fingerprint density at radius 3 is 2.90 bits per heavy atom. The number of carbonyl (C=O) groups is 1. The molecule has 0 atom stereocenters. The van der Waals surface area contributed by atoms with Crippen LogP contribution in [0.1, 0.15) is 12.8 Å². The van der Waals surface area contributed by atoms with E-state index in [-0.39, 0.29) is 5.91 Å². The van der Waals surface area contributed by atoms with E-state index in [1.807, 2.05) is 0 Å². The van der Waals surface area contributed by atoms with Gasteiger partial charge in [0.05, 0.1) is 6.20 Å². The molecule has 0 bridgehead atoms. The van der Waals surface area contributed by atoms with E-state index >= 15 is 0 Å². The van der Waals surface area contributed by atoms with Crippen LogP contribution in [0.5, 0.6) is 0 Å². The lowest BCUT2D eigenvalue weighted by molar-refractivity contribution is -0.125. The molecule has 1 rings (SSSR count). The summed E-state index contributed by atoms with van der Waals surface area (Å²) >= 11 is 4.92. The highest BCUT2D eigenvalue weighted by Crippen LogP contribution is 2.13. The van der Waals surface area contributed by atoms with Crippen molar-refractivity contribution in [2.24, 2.45) is 0 Å². The zero-order valence-corrected chi connectivity index (χ0v) is 6.07. The maximum absolute atomic E-state index is 12.0. The van der Waals surface area contributed by atoms with Gasteiger partial charge < -0.3 is 4.90 Å². The lowest BCUT2D eigenvalue weighted by Gasteiger charge is -2.06. The van der Waals surface area contributed by atoms with E-state index in [2.05, 4.69) is 0 Å². The summed E-state index contributed by atoms with van der Waals surface area (Å²) in [7, 11) is 0. The molecule has 1 heterocycles. The summed E-state index contributed by atoms with van der Waals surface area (Å²) in [6.07, 6.45) is 2.32. The fraction of sp³-hybridized carbons (Fsp3) is 0.500. The molecular formula is C6H7ClFNO. The maximum atomic E-state index is 12.0. The Labute approximate surface area is 63.3 Å². The van der Waals surface area contributed by atoms with Gasteiger partial charge in [-0.15, -0.1) is 0 Å². The van der Waals surface area contributed by atoms with Crippen LogP contribution >= 0.6 is 11.6 Å². The zero-order chi connectivity index (χ0) is 7.56. The topological polar surface area (TPSA) is 20.3 Å². The quantitative estimate of drug-likeness (QED) is 0.575. The van der Waals surface area contributed by atoms with E-state index in [0.717, 1.165) is 12.6 Å². The minimum atomic E-state index is -0.838. The molecule has 1 amide bonds. The van der Waals surface area contributed by atoms with Gasteiger partial charge in [0.1, 0.15) is 0 Å². The first-order chi connectivity index (χ1) is 4.70. The molecule has 0 radical (unpaired) electrons. The van der Waals surface area contributed by atoms with Crippen molar-refractivity contribution >= 4 is 17.5 Å². The second-order valence-electron chi connectivity index (χ2n) is 2.11. The fourth-order valence-corrected chi connectivity index (χ4v) is 1.04. The molecule has 0 aromatic heterocycles. The molecule has 56 valence electrons. The van der Waals surface area contributed by atoms with Gasteiger partial charge in [-0.1, -0.05) is 0 Å². The molecule has 0 aliphatic carbocycles. The van der Waals surface area contributed by atoms with Gasteiger partial charge >= 0.3 is 0 Å². The Kier molecular flexibility index (Phi) is 2.27. The highest BCUT2D eigenvalue weighted by atomic mass is 35.5. The Hall–Kier alpha value is -0.570. The molecule has 0 saturated carbocycles. The minimum absolute atomic E-state index is 0.0594. The standard InChI is InChI=1S/C6H7ClFNO/c7-5(8)4-9-3-1-2-6(9)10/h4H,1-3H2/b5-4+. The molecule has 1 fully saturated rings. The number of nitrogens with zero attached hydrogens (tertiary/aromatic N) is 1. The van der Waals surface area contributed by atoms with Crippen LogP contribution in [0.3, 0.4) is 0 Å². The molecule has 10 heavy (non-hydrogen) atoms.